The van der Waals surface area contributed by atoms with Gasteiger partial charge in [-0.15, -0.1) is 0 Å². The summed E-state index contributed by atoms with van der Waals surface area (Å²) in [7, 11) is 0. The molecule has 0 aliphatic carbocycles. The van der Waals surface area contributed by atoms with E-state index >= 15 is 0 Å². The van der Waals surface area contributed by atoms with Crippen LogP contribution in [-0.2, 0) is 0 Å². The third kappa shape index (κ3) is 70.8. The molecular formula is C26H52N6. The van der Waals surface area contributed by atoms with E-state index in [0.717, 1.165) is 11.5 Å². The van der Waals surface area contributed by atoms with E-state index < -0.39 is 0 Å². The lowest BCUT2D eigenvalue weighted by atomic mass is 10.0. The first-order valence-corrected chi connectivity index (χ1v) is 11.1. The molecule has 6 nitrogen and oxygen atoms in total. The summed E-state index contributed by atoms with van der Waals surface area (Å²) in [5.41, 5.74) is 2.61. The summed E-state index contributed by atoms with van der Waals surface area (Å²) in [5.74, 6) is 0.968. The minimum atomic E-state index is 0.500. The van der Waals surface area contributed by atoms with Crippen LogP contribution < -0.4 is 0 Å². The Bertz CT molecular complexity index is 581. The number of hydrogen-bond donors (Lipinski definition) is 3. The molecule has 0 aromatic carbocycles. The van der Waals surface area contributed by atoms with Crippen molar-refractivity contribution in [3.8, 4) is 0 Å². The van der Waals surface area contributed by atoms with Crippen LogP contribution in [0.1, 0.15) is 94.6 Å². The Morgan fingerprint density at radius 1 is 0.594 bits per heavy atom. The summed E-state index contributed by atoms with van der Waals surface area (Å²) < 4.78 is 0. The normalized spacial score (nSPS) is 10.2. The van der Waals surface area contributed by atoms with Gasteiger partial charge in [0.1, 0.15) is 5.82 Å². The molecule has 0 atom stereocenters. The molecule has 3 aromatic heterocycles. The zero-order valence-corrected chi connectivity index (χ0v) is 23.4. The van der Waals surface area contributed by atoms with Crippen molar-refractivity contribution in [1.82, 2.24) is 29.9 Å². The molecule has 0 aliphatic heterocycles. The fourth-order valence-corrected chi connectivity index (χ4v) is 0.885. The van der Waals surface area contributed by atoms with Gasteiger partial charge in [0.15, 0.2) is 0 Å². The summed E-state index contributed by atoms with van der Waals surface area (Å²) in [6.45, 7) is 30.1. The molecule has 0 saturated heterocycles. The number of nitrogens with zero attached hydrogens (tertiary/aromatic N) is 3. The van der Waals surface area contributed by atoms with Crippen LogP contribution in [0.4, 0.5) is 0 Å². The second kappa shape index (κ2) is 18.2. The van der Waals surface area contributed by atoms with Crippen molar-refractivity contribution in [2.75, 3.05) is 0 Å². The Hall–Kier alpha value is -2.37. The molecule has 0 amide bonds. The number of nitrogens with one attached hydrogen (secondary N) is 3. The van der Waals surface area contributed by atoms with E-state index in [4.69, 9.17) is 0 Å². The molecule has 0 saturated carbocycles. The Labute approximate surface area is 198 Å². The molecule has 0 aliphatic rings. The standard InChI is InChI=1S/3C5H12.2C4H6N2.C3H4N2/c3*1-5(2,3)4;1-4-2-5-3-6-4;1-4-5-2-3-6-4;1-2-5-3-4-1/h3*1-4H3;2*2-3H,1H3,(H,5,6);1-3H,(H,4,5). The SMILES string of the molecule is CC(C)(C)C.CC(C)(C)C.CC(C)(C)C.Cc1cnc[nH]1.Cc1ncc[nH]1.c1c[nH]cn1. The van der Waals surface area contributed by atoms with Gasteiger partial charge >= 0.3 is 0 Å². The average molecular weight is 449 g/mol. The van der Waals surface area contributed by atoms with Crippen molar-refractivity contribution >= 4 is 0 Å². The maximum absolute atomic E-state index is 3.86. The molecule has 6 heteroatoms. The molecule has 0 unspecified atom stereocenters. The highest BCUT2D eigenvalue weighted by Gasteiger charge is 1.96. The molecule has 0 bridgehead atoms. The van der Waals surface area contributed by atoms with E-state index in [1.165, 1.54) is 0 Å². The van der Waals surface area contributed by atoms with Gasteiger partial charge in [0.05, 0.1) is 12.7 Å². The van der Waals surface area contributed by atoms with E-state index in [1.807, 2.05) is 13.8 Å². The van der Waals surface area contributed by atoms with Gasteiger partial charge in [-0.05, 0) is 30.1 Å². The van der Waals surface area contributed by atoms with Crippen LogP contribution in [0.2, 0.25) is 0 Å². The van der Waals surface area contributed by atoms with Gasteiger partial charge in [-0.1, -0.05) is 83.1 Å². The maximum atomic E-state index is 3.86. The Morgan fingerprint density at radius 2 is 1.06 bits per heavy atom. The van der Waals surface area contributed by atoms with Gasteiger partial charge in [-0.3, -0.25) is 0 Å². The maximum Gasteiger partial charge on any atom is 0.102 e. The van der Waals surface area contributed by atoms with E-state index in [1.54, 1.807) is 43.6 Å². The molecule has 186 valence electrons. The number of imidazole rings is 3. The van der Waals surface area contributed by atoms with Gasteiger partial charge in [0, 0.05) is 36.7 Å². The average Bonchev–Trinajstić information content (AvgIpc) is 3.26. The second-order valence-corrected chi connectivity index (χ2v) is 12.2. The van der Waals surface area contributed by atoms with Crippen LogP contribution >= 0.6 is 0 Å². The van der Waals surface area contributed by atoms with Crippen molar-refractivity contribution < 1.29 is 0 Å². The van der Waals surface area contributed by atoms with Crippen molar-refractivity contribution in [1.29, 1.82) is 0 Å². The zero-order chi connectivity index (χ0) is 25.8. The van der Waals surface area contributed by atoms with Gasteiger partial charge in [0.25, 0.3) is 0 Å². The van der Waals surface area contributed by atoms with Crippen molar-refractivity contribution in [3.05, 3.63) is 55.2 Å². The molecule has 3 N–H and O–H groups in total. The molecule has 3 rings (SSSR count). The molecular weight excluding hydrogens is 396 g/mol. The quantitative estimate of drug-likeness (QED) is 0.325. The number of aromatic amines is 3. The third-order valence-electron chi connectivity index (χ3n) is 1.68. The van der Waals surface area contributed by atoms with Crippen LogP contribution in [0.3, 0.4) is 0 Å². The highest BCUT2D eigenvalue weighted by molar-refractivity contribution is 4.87. The smallest absolute Gasteiger partial charge is 0.102 e. The molecule has 0 spiro atoms. The van der Waals surface area contributed by atoms with Crippen LogP contribution in [0.15, 0.2) is 43.6 Å². The van der Waals surface area contributed by atoms with E-state index in [0.29, 0.717) is 16.2 Å². The first kappa shape index (κ1) is 34.2. The van der Waals surface area contributed by atoms with Crippen LogP contribution in [-0.4, -0.2) is 29.9 Å². The third-order valence-corrected chi connectivity index (χ3v) is 1.68. The Balaban J connectivity index is -0.000000316. The minimum absolute atomic E-state index is 0.500. The van der Waals surface area contributed by atoms with E-state index in [-0.39, 0.29) is 0 Å². The number of hydrogen-bond acceptors (Lipinski definition) is 3. The fourth-order valence-electron chi connectivity index (χ4n) is 0.885. The van der Waals surface area contributed by atoms with Crippen LogP contribution in [0, 0.1) is 30.1 Å². The number of H-pyrrole nitrogens is 3. The monoisotopic (exact) mass is 448 g/mol. The largest absolute Gasteiger partial charge is 0.351 e. The van der Waals surface area contributed by atoms with E-state index in [9.17, 15) is 0 Å². The van der Waals surface area contributed by atoms with Crippen molar-refractivity contribution in [3.63, 3.8) is 0 Å². The topological polar surface area (TPSA) is 86.0 Å². The van der Waals surface area contributed by atoms with Gasteiger partial charge in [-0.2, -0.15) is 0 Å². The lowest BCUT2D eigenvalue weighted by molar-refractivity contribution is 0.469. The van der Waals surface area contributed by atoms with Gasteiger partial charge in [0.2, 0.25) is 0 Å². The highest BCUT2D eigenvalue weighted by Crippen LogP contribution is 2.08. The number of aryl methyl sites for hydroxylation is 2. The lowest BCUT2D eigenvalue weighted by Gasteiger charge is -2.05. The molecule has 3 aromatic rings. The molecule has 3 heterocycles. The minimum Gasteiger partial charge on any atom is -0.351 e. The second-order valence-electron chi connectivity index (χ2n) is 12.2. The number of aromatic nitrogens is 6. The van der Waals surface area contributed by atoms with Crippen molar-refractivity contribution in [2.45, 2.75) is 96.9 Å². The first-order chi connectivity index (χ1) is 14.3. The fraction of sp³-hybridized carbons (Fsp3) is 0.654. The lowest BCUT2D eigenvalue weighted by Crippen LogP contribution is -1.93. The predicted octanol–water partition coefficient (Wildman–Crippen LogP) is 8.00. The predicted molar refractivity (Wildman–Crippen MR) is 141 cm³/mol. The first-order valence-electron chi connectivity index (χ1n) is 11.1. The highest BCUT2D eigenvalue weighted by atomic mass is 14.9. The van der Waals surface area contributed by atoms with Crippen LogP contribution in [0.25, 0.3) is 0 Å². The molecule has 0 fully saturated rings. The summed E-state index contributed by atoms with van der Waals surface area (Å²) in [6.07, 6.45) is 12.1. The van der Waals surface area contributed by atoms with E-state index in [2.05, 4.69) is 113 Å². The Morgan fingerprint density at radius 3 is 1.16 bits per heavy atom. The van der Waals surface area contributed by atoms with Gasteiger partial charge in [-0.25, -0.2) is 15.0 Å². The molecule has 0 radical (unpaired) electrons. The Kier molecular flexibility index (Phi) is 19.5. The summed E-state index contributed by atoms with van der Waals surface area (Å²) in [6, 6.07) is 0. The van der Waals surface area contributed by atoms with Crippen molar-refractivity contribution in [2.24, 2.45) is 16.2 Å². The number of rotatable bonds is 0. The van der Waals surface area contributed by atoms with Crippen LogP contribution in [0.5, 0.6) is 0 Å². The summed E-state index contributed by atoms with van der Waals surface area (Å²) in [5, 5.41) is 0. The van der Waals surface area contributed by atoms with Gasteiger partial charge < -0.3 is 15.0 Å². The summed E-state index contributed by atoms with van der Waals surface area (Å²) in [4.78, 5) is 19.8. The summed E-state index contributed by atoms with van der Waals surface area (Å²) >= 11 is 0. The molecule has 32 heavy (non-hydrogen) atoms. The zero-order valence-electron chi connectivity index (χ0n) is 23.4.